The summed E-state index contributed by atoms with van der Waals surface area (Å²) in [5, 5.41) is 1.10. The first-order valence-electron chi connectivity index (χ1n) is 6.33. The molecule has 0 aliphatic heterocycles. The van der Waals surface area contributed by atoms with E-state index >= 15 is 0 Å². The van der Waals surface area contributed by atoms with Crippen LogP contribution in [0.2, 0.25) is 0 Å². The molecule has 0 saturated heterocycles. The van der Waals surface area contributed by atoms with Crippen molar-refractivity contribution in [1.82, 2.24) is 0 Å². The van der Waals surface area contributed by atoms with Crippen LogP contribution in [0, 0.1) is 23.7 Å². The van der Waals surface area contributed by atoms with Crippen molar-refractivity contribution in [1.29, 1.82) is 0 Å². The molecular formula is C14H25Cl. The van der Waals surface area contributed by atoms with Crippen LogP contribution in [0.3, 0.4) is 0 Å². The molecule has 0 bridgehead atoms. The summed E-state index contributed by atoms with van der Waals surface area (Å²) in [7, 11) is 0. The molecule has 0 aromatic carbocycles. The van der Waals surface area contributed by atoms with Crippen molar-refractivity contribution in [2.45, 2.75) is 53.4 Å². The molecule has 1 rings (SSSR count). The molecule has 1 heteroatoms. The first-order valence-corrected chi connectivity index (χ1v) is 6.71. The van der Waals surface area contributed by atoms with E-state index in [0.717, 1.165) is 35.1 Å². The van der Waals surface area contributed by atoms with E-state index in [-0.39, 0.29) is 0 Å². The molecule has 0 N–H and O–H groups in total. The SMILES string of the molecule is CC(C)CC1CC=C(Cl)CC1CC(C)C. The zero-order valence-electron chi connectivity index (χ0n) is 10.6. The summed E-state index contributed by atoms with van der Waals surface area (Å²) in [5.41, 5.74) is 0. The van der Waals surface area contributed by atoms with Crippen LogP contribution in [-0.4, -0.2) is 0 Å². The summed E-state index contributed by atoms with van der Waals surface area (Å²) < 4.78 is 0. The lowest BCUT2D eigenvalue weighted by Gasteiger charge is -2.32. The van der Waals surface area contributed by atoms with Crippen LogP contribution >= 0.6 is 11.6 Å². The highest BCUT2D eigenvalue weighted by molar-refractivity contribution is 6.29. The van der Waals surface area contributed by atoms with Gasteiger partial charge in [-0.05, 0) is 49.4 Å². The van der Waals surface area contributed by atoms with Gasteiger partial charge < -0.3 is 0 Å². The van der Waals surface area contributed by atoms with Crippen molar-refractivity contribution in [3.05, 3.63) is 11.1 Å². The van der Waals surface area contributed by atoms with Crippen molar-refractivity contribution in [2.24, 2.45) is 23.7 Å². The predicted octanol–water partition coefficient (Wildman–Crippen LogP) is 5.23. The van der Waals surface area contributed by atoms with Crippen LogP contribution in [0.1, 0.15) is 53.4 Å². The molecule has 0 saturated carbocycles. The molecule has 0 nitrogen and oxygen atoms in total. The lowest BCUT2D eigenvalue weighted by molar-refractivity contribution is 0.236. The largest absolute Gasteiger partial charge is 0.0895 e. The maximum absolute atomic E-state index is 6.16. The highest BCUT2D eigenvalue weighted by Gasteiger charge is 2.26. The minimum absolute atomic E-state index is 0.798. The summed E-state index contributed by atoms with van der Waals surface area (Å²) in [6.45, 7) is 9.29. The van der Waals surface area contributed by atoms with Crippen LogP contribution in [0.15, 0.2) is 11.1 Å². The molecule has 1 aliphatic carbocycles. The van der Waals surface area contributed by atoms with Crippen molar-refractivity contribution >= 4 is 11.6 Å². The van der Waals surface area contributed by atoms with Crippen molar-refractivity contribution in [2.75, 3.05) is 0 Å². The van der Waals surface area contributed by atoms with Crippen molar-refractivity contribution < 1.29 is 0 Å². The zero-order valence-corrected chi connectivity index (χ0v) is 11.3. The third-order valence-corrected chi connectivity index (χ3v) is 3.62. The summed E-state index contributed by atoms with van der Waals surface area (Å²) in [6, 6.07) is 0. The van der Waals surface area contributed by atoms with Gasteiger partial charge in [-0.1, -0.05) is 45.4 Å². The second kappa shape index (κ2) is 5.94. The topological polar surface area (TPSA) is 0 Å². The van der Waals surface area contributed by atoms with Gasteiger partial charge in [-0.2, -0.15) is 0 Å². The van der Waals surface area contributed by atoms with E-state index in [9.17, 15) is 0 Å². The average Bonchev–Trinajstić information content (AvgIpc) is 2.08. The van der Waals surface area contributed by atoms with Gasteiger partial charge >= 0.3 is 0 Å². The molecule has 0 heterocycles. The van der Waals surface area contributed by atoms with E-state index in [2.05, 4.69) is 33.8 Å². The third kappa shape index (κ3) is 4.59. The van der Waals surface area contributed by atoms with Crippen LogP contribution in [0.5, 0.6) is 0 Å². The first kappa shape index (κ1) is 13.1. The van der Waals surface area contributed by atoms with Gasteiger partial charge in [-0.3, -0.25) is 0 Å². The fourth-order valence-corrected chi connectivity index (χ4v) is 3.03. The van der Waals surface area contributed by atoms with E-state index in [1.54, 1.807) is 0 Å². The molecule has 0 aromatic rings. The molecule has 0 fully saturated rings. The molecule has 88 valence electrons. The Balaban J connectivity index is 2.57. The van der Waals surface area contributed by atoms with E-state index in [1.807, 2.05) is 0 Å². The Morgan fingerprint density at radius 2 is 1.67 bits per heavy atom. The van der Waals surface area contributed by atoms with Crippen LogP contribution in [-0.2, 0) is 0 Å². The normalized spacial score (nSPS) is 27.3. The first-order chi connectivity index (χ1) is 6.99. The fourth-order valence-electron chi connectivity index (χ4n) is 2.75. The maximum atomic E-state index is 6.16. The highest BCUT2D eigenvalue weighted by atomic mass is 35.5. The monoisotopic (exact) mass is 228 g/mol. The maximum Gasteiger partial charge on any atom is 0.0144 e. The molecule has 15 heavy (non-hydrogen) atoms. The van der Waals surface area contributed by atoms with Gasteiger partial charge in [0.05, 0.1) is 0 Å². The molecule has 0 radical (unpaired) electrons. The van der Waals surface area contributed by atoms with Gasteiger partial charge in [0, 0.05) is 5.03 Å². The van der Waals surface area contributed by atoms with Crippen molar-refractivity contribution in [3.63, 3.8) is 0 Å². The second-order valence-electron chi connectivity index (χ2n) is 5.87. The fraction of sp³-hybridized carbons (Fsp3) is 0.857. The molecule has 2 unspecified atom stereocenters. The molecule has 0 aromatic heterocycles. The Morgan fingerprint density at radius 1 is 1.13 bits per heavy atom. The zero-order chi connectivity index (χ0) is 11.4. The summed E-state index contributed by atoms with van der Waals surface area (Å²) in [4.78, 5) is 0. The van der Waals surface area contributed by atoms with Gasteiger partial charge in [0.1, 0.15) is 0 Å². The van der Waals surface area contributed by atoms with Gasteiger partial charge in [0.15, 0.2) is 0 Å². The summed E-state index contributed by atoms with van der Waals surface area (Å²) in [5.74, 6) is 3.31. The quantitative estimate of drug-likeness (QED) is 0.618. The standard InChI is InChI=1S/C14H25Cl/c1-10(2)7-12-5-6-14(15)9-13(12)8-11(3)4/h6,10-13H,5,7-9H2,1-4H3. The second-order valence-corrected chi connectivity index (χ2v) is 6.36. The number of hydrogen-bond acceptors (Lipinski definition) is 0. The summed E-state index contributed by atoms with van der Waals surface area (Å²) >= 11 is 6.16. The van der Waals surface area contributed by atoms with Crippen molar-refractivity contribution in [3.8, 4) is 0 Å². The minimum atomic E-state index is 0.798. The van der Waals surface area contributed by atoms with Gasteiger partial charge in [-0.15, -0.1) is 0 Å². The Morgan fingerprint density at radius 3 is 2.20 bits per heavy atom. The number of halogens is 1. The predicted molar refractivity (Wildman–Crippen MR) is 69.1 cm³/mol. The van der Waals surface area contributed by atoms with Crippen LogP contribution in [0.4, 0.5) is 0 Å². The van der Waals surface area contributed by atoms with Crippen LogP contribution in [0.25, 0.3) is 0 Å². The minimum Gasteiger partial charge on any atom is -0.0895 e. The van der Waals surface area contributed by atoms with Gasteiger partial charge in [-0.25, -0.2) is 0 Å². The Hall–Kier alpha value is 0.0300. The van der Waals surface area contributed by atoms with Gasteiger partial charge in [0.2, 0.25) is 0 Å². The molecule has 2 atom stereocenters. The molecule has 0 spiro atoms. The van der Waals surface area contributed by atoms with E-state index < -0.39 is 0 Å². The number of allylic oxidation sites excluding steroid dienone is 2. The lowest BCUT2D eigenvalue weighted by atomic mass is 9.75. The Kier molecular flexibility index (Phi) is 5.18. The average molecular weight is 229 g/mol. The third-order valence-electron chi connectivity index (χ3n) is 3.31. The van der Waals surface area contributed by atoms with E-state index in [4.69, 9.17) is 11.6 Å². The highest BCUT2D eigenvalue weighted by Crippen LogP contribution is 2.38. The number of rotatable bonds is 4. The van der Waals surface area contributed by atoms with E-state index in [0.29, 0.717) is 0 Å². The van der Waals surface area contributed by atoms with Gasteiger partial charge in [0.25, 0.3) is 0 Å². The Labute approximate surface area is 100 Å². The Bertz CT molecular complexity index is 215. The molecule has 1 aliphatic rings. The molecule has 0 amide bonds. The lowest BCUT2D eigenvalue weighted by Crippen LogP contribution is -2.21. The molecular weight excluding hydrogens is 204 g/mol. The summed E-state index contributed by atoms with van der Waals surface area (Å²) in [6.07, 6.45) is 7.26. The number of hydrogen-bond donors (Lipinski definition) is 0. The smallest absolute Gasteiger partial charge is 0.0144 e. The van der Waals surface area contributed by atoms with E-state index in [1.165, 1.54) is 19.3 Å². The van der Waals surface area contributed by atoms with Crippen LogP contribution < -0.4 is 0 Å².